The summed E-state index contributed by atoms with van der Waals surface area (Å²) in [5.74, 6) is -1.34. The summed E-state index contributed by atoms with van der Waals surface area (Å²) in [6.07, 6.45) is -6.66. The van der Waals surface area contributed by atoms with Crippen LogP contribution >= 0.6 is 0 Å². The van der Waals surface area contributed by atoms with E-state index >= 15 is 0 Å². The van der Waals surface area contributed by atoms with Crippen molar-refractivity contribution in [3.8, 4) is 0 Å². The van der Waals surface area contributed by atoms with E-state index in [1.54, 1.807) is 0 Å². The first-order chi connectivity index (χ1) is 6.59. The Labute approximate surface area is 84.0 Å². The van der Waals surface area contributed by atoms with Crippen molar-refractivity contribution in [1.29, 1.82) is 0 Å². The number of halogens is 3. The first-order valence-corrected chi connectivity index (χ1v) is 5.28. The number of hydrogen-bond acceptors (Lipinski definition) is 4. The molecule has 0 aliphatic carbocycles. The van der Waals surface area contributed by atoms with Crippen molar-refractivity contribution < 1.29 is 35.7 Å². The van der Waals surface area contributed by atoms with Crippen molar-refractivity contribution in [3.63, 3.8) is 0 Å². The lowest BCUT2D eigenvalue weighted by Crippen LogP contribution is -2.38. The fourth-order valence-electron chi connectivity index (χ4n) is 0.761. The Hall–Kier alpha value is -0.830. The van der Waals surface area contributed by atoms with Gasteiger partial charge in [-0.3, -0.25) is 9.35 Å². The zero-order valence-electron chi connectivity index (χ0n) is 7.61. The van der Waals surface area contributed by atoms with E-state index in [2.05, 4.69) is 4.74 Å². The molecule has 1 atom stereocenters. The first kappa shape index (κ1) is 14.2. The lowest BCUT2D eigenvalue weighted by atomic mass is 10.3. The molecule has 0 saturated heterocycles. The number of carbonyl (C=O) groups is 1. The van der Waals surface area contributed by atoms with E-state index in [4.69, 9.17) is 4.55 Å². The van der Waals surface area contributed by atoms with Gasteiger partial charge in [0.2, 0.25) is 0 Å². The summed E-state index contributed by atoms with van der Waals surface area (Å²) >= 11 is 0. The molecule has 0 aromatic rings. The summed E-state index contributed by atoms with van der Waals surface area (Å²) in [5, 5.41) is -3.14. The number of alkyl halides is 3. The Morgan fingerprint density at radius 3 is 2.20 bits per heavy atom. The van der Waals surface area contributed by atoms with Crippen LogP contribution in [0.1, 0.15) is 13.3 Å². The fraction of sp³-hybridized carbons (Fsp3) is 0.833. The maximum absolute atomic E-state index is 12.1. The van der Waals surface area contributed by atoms with Crippen molar-refractivity contribution >= 4 is 16.1 Å². The highest BCUT2D eigenvalue weighted by atomic mass is 32.2. The summed E-state index contributed by atoms with van der Waals surface area (Å²) in [4.78, 5) is 10.6. The highest BCUT2D eigenvalue weighted by Crippen LogP contribution is 2.28. The molecule has 0 aliphatic heterocycles. The van der Waals surface area contributed by atoms with Crippen molar-refractivity contribution in [2.75, 3.05) is 6.61 Å². The van der Waals surface area contributed by atoms with Gasteiger partial charge in [0.05, 0.1) is 13.0 Å². The van der Waals surface area contributed by atoms with Gasteiger partial charge in [-0.25, -0.2) is 0 Å². The van der Waals surface area contributed by atoms with Crippen LogP contribution in [0.2, 0.25) is 0 Å². The van der Waals surface area contributed by atoms with Crippen molar-refractivity contribution in [2.45, 2.75) is 24.8 Å². The summed E-state index contributed by atoms with van der Waals surface area (Å²) in [6, 6.07) is 0. The van der Waals surface area contributed by atoms with E-state index in [-0.39, 0.29) is 6.61 Å². The lowest BCUT2D eigenvalue weighted by molar-refractivity contribution is -0.155. The normalized spacial score (nSPS) is 14.7. The topological polar surface area (TPSA) is 80.7 Å². The third-order valence-corrected chi connectivity index (χ3v) is 2.54. The minimum absolute atomic E-state index is 0.172. The molecule has 0 radical (unpaired) electrons. The smallest absolute Gasteiger partial charge is 0.408 e. The number of esters is 1. The molecule has 15 heavy (non-hydrogen) atoms. The minimum atomic E-state index is -5.36. The van der Waals surface area contributed by atoms with E-state index in [0.717, 1.165) is 0 Å². The average Bonchev–Trinajstić information content (AvgIpc) is 1.96. The van der Waals surface area contributed by atoms with Crippen molar-refractivity contribution in [1.82, 2.24) is 0 Å². The second-order valence-electron chi connectivity index (χ2n) is 2.55. The average molecular weight is 250 g/mol. The second kappa shape index (κ2) is 4.79. The monoisotopic (exact) mass is 250 g/mol. The Bertz CT molecular complexity index is 320. The van der Waals surface area contributed by atoms with Gasteiger partial charge >= 0.3 is 12.1 Å². The molecule has 90 valence electrons. The standard InChI is InChI=1S/C6H9F3O5S/c1-2-14-5(10)3-4(6(7,8)9)15(11,12)13/h4H,2-3H2,1H3,(H,11,12,13). The second-order valence-corrected chi connectivity index (χ2v) is 4.15. The van der Waals surface area contributed by atoms with E-state index in [1.165, 1.54) is 6.92 Å². The Morgan fingerprint density at radius 2 is 1.93 bits per heavy atom. The molecule has 0 heterocycles. The van der Waals surface area contributed by atoms with Gasteiger partial charge in [0.1, 0.15) is 0 Å². The van der Waals surface area contributed by atoms with Crippen LogP contribution in [-0.2, 0) is 19.6 Å². The molecular weight excluding hydrogens is 241 g/mol. The van der Waals surface area contributed by atoms with Crippen LogP contribution < -0.4 is 0 Å². The largest absolute Gasteiger partial charge is 0.466 e. The van der Waals surface area contributed by atoms with Gasteiger partial charge in [-0.2, -0.15) is 21.6 Å². The SMILES string of the molecule is CCOC(=O)CC(C(F)(F)F)S(=O)(=O)O. The zero-order valence-corrected chi connectivity index (χ0v) is 8.43. The molecule has 9 heteroatoms. The van der Waals surface area contributed by atoms with Gasteiger partial charge in [0.25, 0.3) is 10.1 Å². The van der Waals surface area contributed by atoms with Crippen molar-refractivity contribution in [3.05, 3.63) is 0 Å². The first-order valence-electron chi connectivity index (χ1n) is 3.77. The summed E-state index contributed by atoms with van der Waals surface area (Å²) in [6.45, 7) is 1.18. The molecule has 0 aliphatic rings. The quantitative estimate of drug-likeness (QED) is 0.588. The minimum Gasteiger partial charge on any atom is -0.466 e. The highest BCUT2D eigenvalue weighted by molar-refractivity contribution is 7.86. The van der Waals surface area contributed by atoms with E-state index in [1.807, 2.05) is 0 Å². The summed E-state index contributed by atoms with van der Waals surface area (Å²) in [7, 11) is -5.36. The molecule has 1 unspecified atom stereocenters. The maximum Gasteiger partial charge on any atom is 0.408 e. The molecule has 0 bridgehead atoms. The van der Waals surface area contributed by atoms with Gasteiger partial charge < -0.3 is 4.74 Å². The van der Waals surface area contributed by atoms with Gasteiger partial charge in [0, 0.05) is 0 Å². The third kappa shape index (κ3) is 4.98. The molecule has 0 saturated carbocycles. The summed E-state index contributed by atoms with van der Waals surface area (Å²) < 4.78 is 69.3. The number of hydrogen-bond donors (Lipinski definition) is 1. The number of carbonyl (C=O) groups excluding carboxylic acids is 1. The van der Waals surface area contributed by atoms with Crippen LogP contribution in [0.4, 0.5) is 13.2 Å². The highest BCUT2D eigenvalue weighted by Gasteiger charge is 2.49. The molecule has 0 spiro atoms. The maximum atomic E-state index is 12.1. The predicted octanol–water partition coefficient (Wildman–Crippen LogP) is 0.758. The molecule has 5 nitrogen and oxygen atoms in total. The van der Waals surface area contributed by atoms with Gasteiger partial charge in [-0.05, 0) is 6.92 Å². The Kier molecular flexibility index (Phi) is 4.53. The lowest BCUT2D eigenvalue weighted by Gasteiger charge is -2.16. The zero-order chi connectivity index (χ0) is 12.3. The Morgan fingerprint density at radius 1 is 1.47 bits per heavy atom. The van der Waals surface area contributed by atoms with Crippen LogP contribution in [0.5, 0.6) is 0 Å². The van der Waals surface area contributed by atoms with E-state index in [0.29, 0.717) is 0 Å². The Balaban J connectivity index is 4.78. The van der Waals surface area contributed by atoms with Gasteiger partial charge in [0.15, 0.2) is 5.25 Å². The van der Waals surface area contributed by atoms with Crippen LogP contribution in [0.3, 0.4) is 0 Å². The molecule has 0 rings (SSSR count). The molecular formula is C6H9F3O5S. The number of rotatable bonds is 4. The predicted molar refractivity (Wildman–Crippen MR) is 42.6 cm³/mol. The summed E-state index contributed by atoms with van der Waals surface area (Å²) in [5.41, 5.74) is 0. The van der Waals surface area contributed by atoms with Gasteiger partial charge in [-0.1, -0.05) is 0 Å². The molecule has 0 fully saturated rings. The molecule has 0 aromatic heterocycles. The molecule has 0 aromatic carbocycles. The van der Waals surface area contributed by atoms with Crippen LogP contribution in [-0.4, -0.2) is 37.0 Å². The van der Waals surface area contributed by atoms with E-state index < -0.39 is 33.9 Å². The molecule has 0 amide bonds. The van der Waals surface area contributed by atoms with Crippen molar-refractivity contribution in [2.24, 2.45) is 0 Å². The fourth-order valence-corrected chi connectivity index (χ4v) is 1.45. The van der Waals surface area contributed by atoms with Crippen LogP contribution in [0, 0.1) is 0 Å². The van der Waals surface area contributed by atoms with Crippen LogP contribution in [0.25, 0.3) is 0 Å². The molecule has 1 N–H and O–H groups in total. The van der Waals surface area contributed by atoms with E-state index in [9.17, 15) is 26.4 Å². The van der Waals surface area contributed by atoms with Crippen LogP contribution in [0.15, 0.2) is 0 Å². The third-order valence-electron chi connectivity index (χ3n) is 1.38. The van der Waals surface area contributed by atoms with Gasteiger partial charge in [-0.15, -0.1) is 0 Å². The number of ether oxygens (including phenoxy) is 1.